The van der Waals surface area contributed by atoms with Gasteiger partial charge in [-0.1, -0.05) is 12.1 Å². The van der Waals surface area contributed by atoms with Gasteiger partial charge in [-0.25, -0.2) is 0 Å². The summed E-state index contributed by atoms with van der Waals surface area (Å²) in [5, 5.41) is 2.78. The highest BCUT2D eigenvalue weighted by Crippen LogP contribution is 2.29. The summed E-state index contributed by atoms with van der Waals surface area (Å²) in [6.45, 7) is 1.97. The molecule has 0 radical (unpaired) electrons. The van der Waals surface area contributed by atoms with Crippen LogP contribution in [0, 0.1) is 0 Å². The summed E-state index contributed by atoms with van der Waals surface area (Å²) in [4.78, 5) is 24.7. The summed E-state index contributed by atoms with van der Waals surface area (Å²) in [5.74, 6) is -0.125. The Morgan fingerprint density at radius 1 is 1.04 bits per heavy atom. The highest BCUT2D eigenvalue weighted by atomic mass is 32.1. The SMILES string of the molecule is CC(=O)c1ccc(CCNC(=O)CCc2ccc(C(F)(F)F)cc2)s1. The van der Waals surface area contributed by atoms with E-state index in [1.54, 1.807) is 6.07 Å². The lowest BCUT2D eigenvalue weighted by molar-refractivity contribution is -0.137. The van der Waals surface area contributed by atoms with E-state index in [0.29, 0.717) is 29.8 Å². The van der Waals surface area contributed by atoms with Crippen molar-refractivity contribution in [2.45, 2.75) is 32.4 Å². The number of ketones is 1. The third kappa shape index (κ3) is 6.01. The molecule has 0 aliphatic heterocycles. The largest absolute Gasteiger partial charge is 0.416 e. The number of hydrogen-bond acceptors (Lipinski definition) is 3. The van der Waals surface area contributed by atoms with Crippen molar-refractivity contribution < 1.29 is 22.8 Å². The predicted molar refractivity (Wildman–Crippen MR) is 90.8 cm³/mol. The van der Waals surface area contributed by atoms with Crippen LogP contribution in [0.5, 0.6) is 0 Å². The second-order valence-electron chi connectivity index (χ2n) is 5.62. The fraction of sp³-hybridized carbons (Fsp3) is 0.333. The number of benzene rings is 1. The highest BCUT2D eigenvalue weighted by Gasteiger charge is 2.29. The Bertz CT molecular complexity index is 736. The summed E-state index contributed by atoms with van der Waals surface area (Å²) >= 11 is 1.41. The topological polar surface area (TPSA) is 46.2 Å². The molecule has 1 aromatic heterocycles. The summed E-state index contributed by atoms with van der Waals surface area (Å²) in [5.41, 5.74) is -0.00548. The first-order chi connectivity index (χ1) is 11.8. The maximum atomic E-state index is 12.5. The van der Waals surface area contributed by atoms with Gasteiger partial charge >= 0.3 is 6.18 Å². The molecular formula is C18H18F3NO2S. The molecule has 0 saturated heterocycles. The third-order valence-electron chi connectivity index (χ3n) is 3.62. The summed E-state index contributed by atoms with van der Waals surface area (Å²) in [6.07, 6.45) is -3.10. The lowest BCUT2D eigenvalue weighted by atomic mass is 10.1. The minimum atomic E-state index is -4.35. The van der Waals surface area contributed by atoms with Crippen molar-refractivity contribution in [3.05, 3.63) is 57.3 Å². The minimum Gasteiger partial charge on any atom is -0.356 e. The zero-order valence-corrected chi connectivity index (χ0v) is 14.5. The van der Waals surface area contributed by atoms with E-state index in [0.717, 1.165) is 17.0 Å². The van der Waals surface area contributed by atoms with E-state index in [-0.39, 0.29) is 18.1 Å². The van der Waals surface area contributed by atoms with Gasteiger partial charge in [0.2, 0.25) is 5.91 Å². The van der Waals surface area contributed by atoms with Gasteiger partial charge in [-0.05, 0) is 49.6 Å². The molecule has 2 rings (SSSR count). The van der Waals surface area contributed by atoms with Crippen molar-refractivity contribution in [2.75, 3.05) is 6.54 Å². The number of amides is 1. The Hall–Kier alpha value is -2.15. The van der Waals surface area contributed by atoms with E-state index in [1.165, 1.54) is 30.4 Å². The lowest BCUT2D eigenvalue weighted by Crippen LogP contribution is -2.25. The van der Waals surface area contributed by atoms with Crippen LogP contribution >= 0.6 is 11.3 Å². The Kier molecular flexibility index (Phi) is 6.36. The Balaban J connectivity index is 1.72. The summed E-state index contributed by atoms with van der Waals surface area (Å²) < 4.78 is 37.4. The van der Waals surface area contributed by atoms with Gasteiger partial charge in [0.25, 0.3) is 0 Å². The van der Waals surface area contributed by atoms with Gasteiger partial charge in [0.05, 0.1) is 10.4 Å². The van der Waals surface area contributed by atoms with Crippen LogP contribution in [0.3, 0.4) is 0 Å². The predicted octanol–water partition coefficient (Wildman–Crippen LogP) is 4.26. The molecule has 0 aliphatic rings. The normalized spacial score (nSPS) is 11.4. The van der Waals surface area contributed by atoms with E-state index in [2.05, 4.69) is 5.32 Å². The van der Waals surface area contributed by atoms with Crippen molar-refractivity contribution in [1.82, 2.24) is 5.32 Å². The fourth-order valence-electron chi connectivity index (χ4n) is 2.23. The van der Waals surface area contributed by atoms with Crippen molar-refractivity contribution in [3.8, 4) is 0 Å². The molecule has 0 spiro atoms. The first-order valence-electron chi connectivity index (χ1n) is 7.78. The van der Waals surface area contributed by atoms with E-state index < -0.39 is 11.7 Å². The van der Waals surface area contributed by atoms with Crippen LogP contribution in [0.4, 0.5) is 13.2 Å². The van der Waals surface area contributed by atoms with E-state index >= 15 is 0 Å². The molecule has 0 unspecified atom stereocenters. The van der Waals surface area contributed by atoms with E-state index in [4.69, 9.17) is 0 Å². The zero-order chi connectivity index (χ0) is 18.4. The van der Waals surface area contributed by atoms with Crippen molar-refractivity contribution in [1.29, 1.82) is 0 Å². The van der Waals surface area contributed by atoms with Gasteiger partial charge < -0.3 is 5.32 Å². The molecule has 0 fully saturated rings. The molecule has 3 nitrogen and oxygen atoms in total. The number of Topliss-reactive ketones (excluding diaryl/α,β-unsaturated/α-hetero) is 1. The number of hydrogen-bond donors (Lipinski definition) is 1. The molecule has 0 atom stereocenters. The molecular weight excluding hydrogens is 351 g/mol. The Labute approximate surface area is 147 Å². The van der Waals surface area contributed by atoms with Crippen molar-refractivity contribution in [2.24, 2.45) is 0 Å². The standard InChI is InChI=1S/C18H18F3NO2S/c1-12(23)16-8-7-15(25-16)10-11-22-17(24)9-4-13-2-5-14(6-3-13)18(19,20)21/h2-3,5-8H,4,9-11H2,1H3,(H,22,24). The van der Waals surface area contributed by atoms with Crippen LogP contribution in [0.15, 0.2) is 36.4 Å². The Morgan fingerprint density at radius 2 is 1.72 bits per heavy atom. The number of carbonyl (C=O) groups is 2. The second-order valence-corrected chi connectivity index (χ2v) is 6.79. The van der Waals surface area contributed by atoms with Gasteiger partial charge in [0.1, 0.15) is 0 Å². The number of rotatable bonds is 7. The monoisotopic (exact) mass is 369 g/mol. The number of carbonyl (C=O) groups excluding carboxylic acids is 2. The molecule has 7 heteroatoms. The maximum absolute atomic E-state index is 12.5. The van der Waals surface area contributed by atoms with Crippen LogP contribution in [0.1, 0.15) is 39.0 Å². The molecule has 1 heterocycles. The van der Waals surface area contributed by atoms with Crippen molar-refractivity contribution in [3.63, 3.8) is 0 Å². The average Bonchev–Trinajstić information content (AvgIpc) is 3.02. The van der Waals surface area contributed by atoms with Crippen LogP contribution < -0.4 is 5.32 Å². The van der Waals surface area contributed by atoms with Crippen LogP contribution in [-0.4, -0.2) is 18.2 Å². The summed E-state index contributed by atoms with van der Waals surface area (Å²) in [6, 6.07) is 8.48. The van der Waals surface area contributed by atoms with Gasteiger partial charge in [-0.2, -0.15) is 13.2 Å². The quantitative estimate of drug-likeness (QED) is 0.741. The number of nitrogens with one attached hydrogen (secondary N) is 1. The smallest absolute Gasteiger partial charge is 0.356 e. The molecule has 2 aromatic rings. The number of aryl methyl sites for hydroxylation is 1. The van der Waals surface area contributed by atoms with E-state index in [1.807, 2.05) is 6.07 Å². The minimum absolute atomic E-state index is 0.0248. The average molecular weight is 369 g/mol. The Morgan fingerprint density at radius 3 is 2.28 bits per heavy atom. The molecule has 0 saturated carbocycles. The third-order valence-corrected chi connectivity index (χ3v) is 4.87. The molecule has 0 aliphatic carbocycles. The molecule has 1 N–H and O–H groups in total. The van der Waals surface area contributed by atoms with Crippen molar-refractivity contribution >= 4 is 23.0 Å². The lowest BCUT2D eigenvalue weighted by Gasteiger charge is -2.08. The summed E-state index contributed by atoms with van der Waals surface area (Å²) in [7, 11) is 0. The number of alkyl halides is 3. The van der Waals surface area contributed by atoms with E-state index in [9.17, 15) is 22.8 Å². The molecule has 25 heavy (non-hydrogen) atoms. The maximum Gasteiger partial charge on any atom is 0.416 e. The van der Waals surface area contributed by atoms with Gasteiger partial charge in [-0.15, -0.1) is 11.3 Å². The van der Waals surface area contributed by atoms with Gasteiger partial charge in [0.15, 0.2) is 5.78 Å². The van der Waals surface area contributed by atoms with Crippen LogP contribution in [0.25, 0.3) is 0 Å². The second kappa shape index (κ2) is 8.29. The number of thiophene rings is 1. The molecule has 0 bridgehead atoms. The first-order valence-corrected chi connectivity index (χ1v) is 8.60. The first kappa shape index (κ1) is 19.2. The van der Waals surface area contributed by atoms with Gasteiger partial charge in [-0.3, -0.25) is 9.59 Å². The van der Waals surface area contributed by atoms with Crippen LogP contribution in [0.2, 0.25) is 0 Å². The fourth-order valence-corrected chi connectivity index (χ4v) is 3.14. The highest BCUT2D eigenvalue weighted by molar-refractivity contribution is 7.14. The van der Waals surface area contributed by atoms with Crippen LogP contribution in [-0.2, 0) is 23.8 Å². The molecule has 1 aromatic carbocycles. The number of halogens is 3. The zero-order valence-electron chi connectivity index (χ0n) is 13.7. The molecule has 1 amide bonds. The molecule has 134 valence electrons. The van der Waals surface area contributed by atoms with Gasteiger partial charge in [0, 0.05) is 17.8 Å².